The summed E-state index contributed by atoms with van der Waals surface area (Å²) >= 11 is 0. The summed E-state index contributed by atoms with van der Waals surface area (Å²) in [7, 11) is -2.85. The quantitative estimate of drug-likeness (QED) is 0.198. The first-order chi connectivity index (χ1) is 21.5. The highest BCUT2D eigenvalue weighted by atomic mass is 32.2. The second kappa shape index (κ2) is 13.7. The molecule has 2 unspecified atom stereocenters. The Hall–Kier alpha value is -4.39. The Bertz CT molecular complexity index is 1670. The summed E-state index contributed by atoms with van der Waals surface area (Å²) in [6.07, 6.45) is -5.42. The van der Waals surface area contributed by atoms with Gasteiger partial charge in [-0.05, 0) is 65.9 Å². The van der Waals surface area contributed by atoms with Gasteiger partial charge in [0.2, 0.25) is 10.0 Å². The minimum absolute atomic E-state index is 0.0892. The van der Waals surface area contributed by atoms with Crippen LogP contribution in [0.1, 0.15) is 22.8 Å². The molecule has 1 aliphatic rings. The van der Waals surface area contributed by atoms with Crippen LogP contribution in [0.5, 0.6) is 5.75 Å². The number of methoxy groups -OCH3 is 1. The molecule has 0 saturated carbocycles. The SMILES string of the molecule is COC(C(=O)OC(CNS(=O)(=O)c1ccc(OC(F)(F)F)cc1)CN1c2ccccc2CCc2ccccc21)c1ccccc1. The number of aryl methyl sites for hydroxylation is 2. The van der Waals surface area contributed by atoms with Gasteiger partial charge >= 0.3 is 12.3 Å². The van der Waals surface area contributed by atoms with Gasteiger partial charge in [-0.3, -0.25) is 0 Å². The molecule has 0 fully saturated rings. The van der Waals surface area contributed by atoms with Crippen LogP contribution in [-0.2, 0) is 37.1 Å². The topological polar surface area (TPSA) is 94.2 Å². The number of ether oxygens (including phenoxy) is 3. The van der Waals surface area contributed by atoms with E-state index in [9.17, 15) is 26.4 Å². The predicted molar refractivity (Wildman–Crippen MR) is 162 cm³/mol. The zero-order chi connectivity index (χ0) is 32.0. The van der Waals surface area contributed by atoms with Crippen LogP contribution in [-0.4, -0.2) is 47.1 Å². The Morgan fingerprint density at radius 1 is 0.844 bits per heavy atom. The van der Waals surface area contributed by atoms with E-state index in [-0.39, 0.29) is 18.0 Å². The van der Waals surface area contributed by atoms with Crippen LogP contribution in [0, 0.1) is 0 Å². The van der Waals surface area contributed by atoms with E-state index in [2.05, 4.69) is 9.46 Å². The first-order valence-corrected chi connectivity index (χ1v) is 15.6. The van der Waals surface area contributed by atoms with Gasteiger partial charge in [-0.2, -0.15) is 0 Å². The maximum absolute atomic E-state index is 13.5. The van der Waals surface area contributed by atoms with Crippen LogP contribution < -0.4 is 14.4 Å². The highest BCUT2D eigenvalue weighted by molar-refractivity contribution is 7.89. The molecule has 0 amide bonds. The van der Waals surface area contributed by atoms with E-state index in [0.717, 1.165) is 59.6 Å². The van der Waals surface area contributed by atoms with E-state index in [0.29, 0.717) is 5.56 Å². The number of carbonyl (C=O) groups excluding carboxylic acids is 1. The van der Waals surface area contributed by atoms with Crippen LogP contribution >= 0.6 is 0 Å². The van der Waals surface area contributed by atoms with Crippen LogP contribution in [0.2, 0.25) is 0 Å². The van der Waals surface area contributed by atoms with Crippen molar-refractivity contribution in [1.29, 1.82) is 0 Å². The molecule has 45 heavy (non-hydrogen) atoms. The highest BCUT2D eigenvalue weighted by Gasteiger charge is 2.32. The second-order valence-electron chi connectivity index (χ2n) is 10.3. The molecule has 0 saturated heterocycles. The number of hydrogen-bond donors (Lipinski definition) is 1. The van der Waals surface area contributed by atoms with Crippen molar-refractivity contribution < 1.29 is 40.6 Å². The number of nitrogens with zero attached hydrogens (tertiary/aromatic N) is 1. The maximum atomic E-state index is 13.5. The van der Waals surface area contributed by atoms with Gasteiger partial charge in [0.05, 0.1) is 11.4 Å². The van der Waals surface area contributed by atoms with Gasteiger partial charge in [0.25, 0.3) is 0 Å². The molecule has 2 atom stereocenters. The second-order valence-corrected chi connectivity index (χ2v) is 12.1. The smallest absolute Gasteiger partial charge is 0.457 e. The minimum atomic E-state index is -4.92. The van der Waals surface area contributed by atoms with Crippen molar-refractivity contribution in [3.8, 4) is 5.75 Å². The molecule has 5 rings (SSSR count). The molecule has 236 valence electrons. The molecular weight excluding hydrogens is 609 g/mol. The number of halogens is 3. The molecule has 4 aromatic carbocycles. The molecule has 0 spiro atoms. The number of anilines is 2. The van der Waals surface area contributed by atoms with Gasteiger partial charge < -0.3 is 19.1 Å². The monoisotopic (exact) mass is 640 g/mol. The summed E-state index contributed by atoms with van der Waals surface area (Å²) in [4.78, 5) is 15.2. The Morgan fingerprint density at radius 3 is 1.96 bits per heavy atom. The molecule has 0 bridgehead atoms. The highest BCUT2D eigenvalue weighted by Crippen LogP contribution is 2.36. The van der Waals surface area contributed by atoms with E-state index in [1.807, 2.05) is 53.4 Å². The molecule has 1 N–H and O–H groups in total. The summed E-state index contributed by atoms with van der Waals surface area (Å²) in [5.74, 6) is -1.27. The first-order valence-electron chi connectivity index (χ1n) is 14.1. The van der Waals surface area contributed by atoms with Gasteiger partial charge in [0, 0.05) is 25.0 Å². The molecule has 0 aromatic heterocycles. The standard InChI is InChI=1S/C33H31F3N2O6S/c1-42-31(25-11-3-2-4-12-25)32(39)43-27(21-37-45(40,41)28-19-17-26(18-20-28)44-33(34,35)36)22-38-29-13-7-5-9-23(29)15-16-24-10-6-8-14-30(24)38/h2-14,17-20,27,31,37H,15-16,21-22H2,1H3. The van der Waals surface area contributed by atoms with Crippen molar-refractivity contribution in [1.82, 2.24) is 4.72 Å². The number of benzene rings is 4. The molecule has 0 radical (unpaired) electrons. The van der Waals surface area contributed by atoms with Gasteiger partial charge in [-0.1, -0.05) is 66.7 Å². The van der Waals surface area contributed by atoms with Crippen molar-refractivity contribution in [2.75, 3.05) is 25.1 Å². The van der Waals surface area contributed by atoms with Crippen LogP contribution in [0.4, 0.5) is 24.5 Å². The summed E-state index contributed by atoms with van der Waals surface area (Å²) in [6, 6.07) is 28.3. The normalized spacial score (nSPS) is 14.4. The number of sulfonamides is 1. The van der Waals surface area contributed by atoms with Crippen molar-refractivity contribution in [2.45, 2.75) is 36.3 Å². The number of rotatable bonds is 11. The first kappa shape index (κ1) is 32.0. The molecule has 1 aliphatic heterocycles. The number of carbonyl (C=O) groups is 1. The van der Waals surface area contributed by atoms with E-state index < -0.39 is 40.3 Å². The number of esters is 1. The number of nitrogens with one attached hydrogen (secondary N) is 1. The summed E-state index contributed by atoms with van der Waals surface area (Å²) < 4.78 is 81.9. The van der Waals surface area contributed by atoms with E-state index >= 15 is 0 Å². The zero-order valence-electron chi connectivity index (χ0n) is 24.2. The maximum Gasteiger partial charge on any atom is 0.573 e. The van der Waals surface area contributed by atoms with Gasteiger partial charge in [0.15, 0.2) is 6.10 Å². The Morgan fingerprint density at radius 2 is 1.40 bits per heavy atom. The average Bonchev–Trinajstić information content (AvgIpc) is 3.17. The molecule has 4 aromatic rings. The van der Waals surface area contributed by atoms with Crippen molar-refractivity contribution in [2.24, 2.45) is 0 Å². The predicted octanol–water partition coefficient (Wildman–Crippen LogP) is 6.10. The zero-order valence-corrected chi connectivity index (χ0v) is 25.1. The van der Waals surface area contributed by atoms with E-state index in [4.69, 9.17) is 9.47 Å². The molecule has 0 aliphatic carbocycles. The molecule has 8 nitrogen and oxygen atoms in total. The fraction of sp³-hybridized carbons (Fsp3) is 0.242. The number of hydrogen-bond acceptors (Lipinski definition) is 7. The van der Waals surface area contributed by atoms with E-state index in [1.54, 1.807) is 30.3 Å². The third-order valence-corrected chi connectivity index (χ3v) is 8.76. The Kier molecular flexibility index (Phi) is 9.76. The lowest BCUT2D eigenvalue weighted by atomic mass is 10.0. The van der Waals surface area contributed by atoms with Crippen molar-refractivity contribution in [3.63, 3.8) is 0 Å². The molecular formula is C33H31F3N2O6S. The van der Waals surface area contributed by atoms with Crippen LogP contribution in [0.15, 0.2) is 108 Å². The van der Waals surface area contributed by atoms with Gasteiger partial charge in [-0.15, -0.1) is 13.2 Å². The third-order valence-electron chi connectivity index (χ3n) is 7.32. The lowest BCUT2D eigenvalue weighted by Gasteiger charge is -2.31. The number of alkyl halides is 3. The molecule has 12 heteroatoms. The van der Waals surface area contributed by atoms with Crippen molar-refractivity contribution in [3.05, 3.63) is 120 Å². The van der Waals surface area contributed by atoms with Gasteiger partial charge in [-0.25, -0.2) is 17.9 Å². The average molecular weight is 641 g/mol. The Labute approximate surface area is 259 Å². The Balaban J connectivity index is 1.44. The van der Waals surface area contributed by atoms with Crippen LogP contribution in [0.3, 0.4) is 0 Å². The summed E-state index contributed by atoms with van der Waals surface area (Å²) in [6.45, 7) is -0.243. The summed E-state index contributed by atoms with van der Waals surface area (Å²) in [5.41, 5.74) is 4.53. The molecule has 1 heterocycles. The van der Waals surface area contributed by atoms with Crippen molar-refractivity contribution >= 4 is 27.4 Å². The fourth-order valence-corrected chi connectivity index (χ4v) is 6.31. The van der Waals surface area contributed by atoms with E-state index in [1.165, 1.54) is 7.11 Å². The lowest BCUT2D eigenvalue weighted by Crippen LogP contribution is -2.42. The van der Waals surface area contributed by atoms with Gasteiger partial charge in [0.1, 0.15) is 11.9 Å². The lowest BCUT2D eigenvalue weighted by molar-refractivity contribution is -0.274. The van der Waals surface area contributed by atoms with Crippen LogP contribution in [0.25, 0.3) is 0 Å². The largest absolute Gasteiger partial charge is 0.573 e. The fourth-order valence-electron chi connectivity index (χ4n) is 5.24. The number of para-hydroxylation sites is 2. The minimum Gasteiger partial charge on any atom is -0.457 e. The summed E-state index contributed by atoms with van der Waals surface area (Å²) in [5, 5.41) is 0. The third kappa shape index (κ3) is 8.01. The number of fused-ring (bicyclic) bond motifs is 2.